The van der Waals surface area contributed by atoms with E-state index in [2.05, 4.69) is 6.58 Å². The van der Waals surface area contributed by atoms with E-state index in [4.69, 9.17) is 0 Å². The molecule has 19 heavy (non-hydrogen) atoms. The zero-order valence-corrected chi connectivity index (χ0v) is 12.7. The third-order valence-corrected chi connectivity index (χ3v) is 4.93. The van der Waals surface area contributed by atoms with Crippen LogP contribution in [0.4, 0.5) is 0 Å². The SMILES string of the molecule is C=C(C)CN(C)S(=O)(=O)c1cc(CO)c(C)cc1C. The van der Waals surface area contributed by atoms with Gasteiger partial charge in [0.2, 0.25) is 10.0 Å². The second kappa shape index (κ2) is 5.86. The molecular formula is C14H21NO3S. The molecule has 0 atom stereocenters. The second-order valence-corrected chi connectivity index (χ2v) is 6.93. The Balaban J connectivity index is 3.32. The van der Waals surface area contributed by atoms with Crippen molar-refractivity contribution >= 4 is 10.0 Å². The van der Waals surface area contributed by atoms with Crippen LogP contribution in [0.2, 0.25) is 0 Å². The van der Waals surface area contributed by atoms with E-state index in [9.17, 15) is 13.5 Å². The van der Waals surface area contributed by atoms with Crippen LogP contribution in [0.5, 0.6) is 0 Å². The van der Waals surface area contributed by atoms with Crippen molar-refractivity contribution in [3.8, 4) is 0 Å². The fourth-order valence-electron chi connectivity index (χ4n) is 1.96. The molecule has 0 aliphatic heterocycles. The van der Waals surface area contributed by atoms with Crippen LogP contribution < -0.4 is 0 Å². The van der Waals surface area contributed by atoms with Crippen molar-refractivity contribution in [2.45, 2.75) is 32.3 Å². The number of hydrogen-bond donors (Lipinski definition) is 1. The van der Waals surface area contributed by atoms with E-state index < -0.39 is 10.0 Å². The lowest BCUT2D eigenvalue weighted by molar-refractivity contribution is 0.280. The van der Waals surface area contributed by atoms with Crippen LogP contribution in [0.15, 0.2) is 29.2 Å². The Morgan fingerprint density at radius 2 is 1.89 bits per heavy atom. The molecule has 0 unspecified atom stereocenters. The Bertz CT molecular complexity index is 591. The van der Waals surface area contributed by atoms with Crippen LogP contribution in [0, 0.1) is 13.8 Å². The third-order valence-electron chi connectivity index (χ3n) is 2.98. The minimum atomic E-state index is -3.55. The van der Waals surface area contributed by atoms with Crippen LogP contribution in [-0.2, 0) is 16.6 Å². The van der Waals surface area contributed by atoms with Crippen LogP contribution in [-0.4, -0.2) is 31.4 Å². The maximum atomic E-state index is 12.5. The molecule has 0 aliphatic rings. The van der Waals surface area contributed by atoms with E-state index in [0.29, 0.717) is 11.1 Å². The molecule has 4 nitrogen and oxygen atoms in total. The van der Waals surface area contributed by atoms with Crippen molar-refractivity contribution in [3.05, 3.63) is 41.0 Å². The molecule has 0 radical (unpaired) electrons. The molecule has 0 bridgehead atoms. The summed E-state index contributed by atoms with van der Waals surface area (Å²) in [5, 5.41) is 9.26. The van der Waals surface area contributed by atoms with Crippen molar-refractivity contribution in [1.29, 1.82) is 0 Å². The Morgan fingerprint density at radius 1 is 1.32 bits per heavy atom. The van der Waals surface area contributed by atoms with Gasteiger partial charge in [-0.2, -0.15) is 4.31 Å². The Hall–Kier alpha value is -1.17. The van der Waals surface area contributed by atoms with E-state index in [1.807, 2.05) is 6.92 Å². The predicted octanol–water partition coefficient (Wildman–Crippen LogP) is 1.99. The quantitative estimate of drug-likeness (QED) is 0.841. The van der Waals surface area contributed by atoms with Crippen molar-refractivity contribution in [3.63, 3.8) is 0 Å². The van der Waals surface area contributed by atoms with Crippen LogP contribution in [0.1, 0.15) is 23.6 Å². The van der Waals surface area contributed by atoms with Gasteiger partial charge in [0.05, 0.1) is 11.5 Å². The molecule has 0 fully saturated rings. The highest BCUT2D eigenvalue weighted by molar-refractivity contribution is 7.89. The first-order valence-electron chi connectivity index (χ1n) is 6.02. The molecule has 1 aromatic carbocycles. The number of hydrogen-bond acceptors (Lipinski definition) is 3. The van der Waals surface area contributed by atoms with E-state index in [-0.39, 0.29) is 18.0 Å². The Kier molecular flexibility index (Phi) is 4.90. The Morgan fingerprint density at radius 3 is 2.37 bits per heavy atom. The minimum absolute atomic E-state index is 0.168. The van der Waals surface area contributed by atoms with Crippen molar-refractivity contribution in [2.24, 2.45) is 0 Å². The van der Waals surface area contributed by atoms with Gasteiger partial charge >= 0.3 is 0 Å². The highest BCUT2D eigenvalue weighted by Crippen LogP contribution is 2.23. The molecule has 0 aliphatic carbocycles. The molecule has 1 N–H and O–H groups in total. The first kappa shape index (κ1) is 15.9. The maximum absolute atomic E-state index is 12.5. The molecule has 0 amide bonds. The summed E-state index contributed by atoms with van der Waals surface area (Å²) in [6, 6.07) is 3.34. The minimum Gasteiger partial charge on any atom is -0.392 e. The summed E-state index contributed by atoms with van der Waals surface area (Å²) in [5.74, 6) is 0. The average Bonchev–Trinajstić information content (AvgIpc) is 2.27. The van der Waals surface area contributed by atoms with Crippen molar-refractivity contribution in [2.75, 3.05) is 13.6 Å². The normalized spacial score (nSPS) is 11.9. The van der Waals surface area contributed by atoms with Gasteiger partial charge in [0, 0.05) is 13.6 Å². The molecule has 0 saturated carbocycles. The summed E-state index contributed by atoms with van der Waals surface area (Å²) < 4.78 is 26.2. The lowest BCUT2D eigenvalue weighted by atomic mass is 10.1. The molecular weight excluding hydrogens is 262 g/mol. The van der Waals surface area contributed by atoms with E-state index in [0.717, 1.165) is 11.1 Å². The predicted molar refractivity (Wildman–Crippen MR) is 76.5 cm³/mol. The van der Waals surface area contributed by atoms with Gasteiger partial charge in [0.15, 0.2) is 0 Å². The van der Waals surface area contributed by atoms with Crippen molar-refractivity contribution < 1.29 is 13.5 Å². The molecule has 0 aromatic heterocycles. The van der Waals surface area contributed by atoms with Gasteiger partial charge in [-0.25, -0.2) is 8.42 Å². The van der Waals surface area contributed by atoms with Gasteiger partial charge in [-0.05, 0) is 43.5 Å². The molecule has 0 heterocycles. The van der Waals surface area contributed by atoms with Crippen LogP contribution in [0.25, 0.3) is 0 Å². The molecule has 0 spiro atoms. The average molecular weight is 283 g/mol. The van der Waals surface area contributed by atoms with E-state index >= 15 is 0 Å². The summed E-state index contributed by atoms with van der Waals surface area (Å²) >= 11 is 0. The Labute approximate surface area is 115 Å². The monoisotopic (exact) mass is 283 g/mol. The van der Waals surface area contributed by atoms with Crippen LogP contribution >= 0.6 is 0 Å². The molecule has 1 aromatic rings. The second-order valence-electron chi connectivity index (χ2n) is 4.92. The lowest BCUT2D eigenvalue weighted by Crippen LogP contribution is -2.29. The van der Waals surface area contributed by atoms with Crippen molar-refractivity contribution in [1.82, 2.24) is 4.31 Å². The smallest absolute Gasteiger partial charge is 0.243 e. The zero-order valence-electron chi connectivity index (χ0n) is 11.9. The standard InChI is InChI=1S/C14H21NO3S/c1-10(2)8-15(5)19(17,18)14-7-13(9-16)11(3)6-12(14)4/h6-7,16H,1,8-9H2,2-5H3. The van der Waals surface area contributed by atoms with Gasteiger partial charge in [-0.1, -0.05) is 18.2 Å². The number of sulfonamides is 1. The van der Waals surface area contributed by atoms with E-state index in [1.54, 1.807) is 26.0 Å². The summed E-state index contributed by atoms with van der Waals surface area (Å²) in [6.45, 7) is 9.24. The number of rotatable bonds is 5. The first-order valence-corrected chi connectivity index (χ1v) is 7.46. The molecule has 5 heteroatoms. The number of benzene rings is 1. The topological polar surface area (TPSA) is 57.6 Å². The molecule has 106 valence electrons. The third kappa shape index (κ3) is 3.43. The number of likely N-dealkylation sites (N-methyl/N-ethyl adjacent to an activating group) is 1. The molecule has 1 rings (SSSR count). The first-order chi connectivity index (χ1) is 8.70. The lowest BCUT2D eigenvalue weighted by Gasteiger charge is -2.19. The highest BCUT2D eigenvalue weighted by atomic mass is 32.2. The van der Waals surface area contributed by atoms with Gasteiger partial charge < -0.3 is 5.11 Å². The van der Waals surface area contributed by atoms with Gasteiger partial charge in [0.25, 0.3) is 0 Å². The number of aryl methyl sites for hydroxylation is 2. The maximum Gasteiger partial charge on any atom is 0.243 e. The van der Waals surface area contributed by atoms with Crippen LogP contribution in [0.3, 0.4) is 0 Å². The summed E-state index contributed by atoms with van der Waals surface area (Å²) in [4.78, 5) is 0.242. The fourth-order valence-corrected chi connectivity index (χ4v) is 3.44. The van der Waals surface area contributed by atoms with Gasteiger partial charge in [0.1, 0.15) is 0 Å². The zero-order chi connectivity index (χ0) is 14.8. The van der Waals surface area contributed by atoms with Gasteiger partial charge in [-0.15, -0.1) is 0 Å². The summed E-state index contributed by atoms with van der Waals surface area (Å²) in [5.41, 5.74) is 2.98. The van der Waals surface area contributed by atoms with E-state index in [1.165, 1.54) is 11.4 Å². The summed E-state index contributed by atoms with van der Waals surface area (Å²) in [6.07, 6.45) is 0. The number of aliphatic hydroxyl groups excluding tert-OH is 1. The summed E-state index contributed by atoms with van der Waals surface area (Å²) in [7, 11) is -2.02. The largest absolute Gasteiger partial charge is 0.392 e. The highest BCUT2D eigenvalue weighted by Gasteiger charge is 2.23. The fraction of sp³-hybridized carbons (Fsp3) is 0.429. The van der Waals surface area contributed by atoms with Gasteiger partial charge in [-0.3, -0.25) is 0 Å². The molecule has 0 saturated heterocycles. The number of aliphatic hydroxyl groups is 1. The number of nitrogens with zero attached hydrogens (tertiary/aromatic N) is 1.